The molecule has 1 aliphatic rings. The molecule has 1 heterocycles. The third-order valence-electron chi connectivity index (χ3n) is 3.90. The lowest BCUT2D eigenvalue weighted by Gasteiger charge is -2.22. The van der Waals surface area contributed by atoms with E-state index >= 15 is 0 Å². The van der Waals surface area contributed by atoms with Gasteiger partial charge in [0.15, 0.2) is 0 Å². The maximum Gasteiger partial charge on any atom is 0.242 e. The van der Waals surface area contributed by atoms with E-state index in [2.05, 4.69) is 5.10 Å². The molecule has 0 saturated carbocycles. The van der Waals surface area contributed by atoms with Crippen LogP contribution in [0.25, 0.3) is 0 Å². The van der Waals surface area contributed by atoms with Gasteiger partial charge in [-0.25, -0.2) is 5.01 Å². The second-order valence-electron chi connectivity index (χ2n) is 5.39. The molecule has 0 fully saturated rings. The van der Waals surface area contributed by atoms with Crippen molar-refractivity contribution >= 4 is 34.8 Å². The number of carbonyl (C=O) groups is 1. The first-order chi connectivity index (χ1) is 11.1. The number of hydrogen-bond donors (Lipinski definition) is 0. The average molecular weight is 347 g/mol. The SMILES string of the molecule is CCC(=O)N1N=C(c2ccccc2)C[C@@H]1c1ccc(Cl)cc1Cl. The highest BCUT2D eigenvalue weighted by Gasteiger charge is 2.33. The molecule has 5 heteroatoms. The van der Waals surface area contributed by atoms with Crippen molar-refractivity contribution in [2.75, 3.05) is 0 Å². The van der Waals surface area contributed by atoms with Gasteiger partial charge in [-0.15, -0.1) is 0 Å². The van der Waals surface area contributed by atoms with E-state index < -0.39 is 0 Å². The molecular weight excluding hydrogens is 331 g/mol. The van der Waals surface area contributed by atoms with Crippen molar-refractivity contribution in [1.29, 1.82) is 0 Å². The smallest absolute Gasteiger partial charge is 0.242 e. The molecule has 23 heavy (non-hydrogen) atoms. The van der Waals surface area contributed by atoms with Crippen molar-refractivity contribution in [1.82, 2.24) is 5.01 Å². The van der Waals surface area contributed by atoms with Crippen LogP contribution in [0, 0.1) is 0 Å². The highest BCUT2D eigenvalue weighted by Crippen LogP contribution is 2.37. The normalized spacial score (nSPS) is 17.3. The zero-order chi connectivity index (χ0) is 16.4. The fourth-order valence-corrected chi connectivity index (χ4v) is 3.26. The monoisotopic (exact) mass is 346 g/mol. The van der Waals surface area contributed by atoms with Crippen LogP contribution in [0.1, 0.15) is 36.9 Å². The first-order valence-corrected chi connectivity index (χ1v) is 8.25. The van der Waals surface area contributed by atoms with E-state index in [1.807, 2.05) is 43.3 Å². The van der Waals surface area contributed by atoms with Crippen LogP contribution in [0.3, 0.4) is 0 Å². The first kappa shape index (κ1) is 16.0. The molecule has 1 amide bonds. The third kappa shape index (κ3) is 3.26. The van der Waals surface area contributed by atoms with Gasteiger partial charge in [0.05, 0.1) is 11.8 Å². The molecule has 2 aromatic carbocycles. The van der Waals surface area contributed by atoms with Crippen LogP contribution in [0.15, 0.2) is 53.6 Å². The first-order valence-electron chi connectivity index (χ1n) is 7.50. The molecule has 0 unspecified atom stereocenters. The Bertz CT molecular complexity index is 759. The number of halogens is 2. The summed E-state index contributed by atoms with van der Waals surface area (Å²) in [7, 11) is 0. The number of carbonyl (C=O) groups excluding carboxylic acids is 1. The lowest BCUT2D eigenvalue weighted by atomic mass is 9.98. The lowest BCUT2D eigenvalue weighted by molar-refractivity contribution is -0.132. The molecule has 0 bridgehead atoms. The van der Waals surface area contributed by atoms with Crippen LogP contribution in [0.4, 0.5) is 0 Å². The van der Waals surface area contributed by atoms with Crippen molar-refractivity contribution in [2.24, 2.45) is 5.10 Å². The molecule has 3 nitrogen and oxygen atoms in total. The maximum absolute atomic E-state index is 12.3. The summed E-state index contributed by atoms with van der Waals surface area (Å²) in [6.45, 7) is 1.83. The fraction of sp³-hybridized carbons (Fsp3) is 0.222. The van der Waals surface area contributed by atoms with Crippen molar-refractivity contribution in [3.8, 4) is 0 Å². The van der Waals surface area contributed by atoms with Crippen LogP contribution in [0.2, 0.25) is 10.0 Å². The zero-order valence-electron chi connectivity index (χ0n) is 12.7. The van der Waals surface area contributed by atoms with Crippen molar-refractivity contribution in [2.45, 2.75) is 25.8 Å². The molecule has 0 aromatic heterocycles. The summed E-state index contributed by atoms with van der Waals surface area (Å²) in [4.78, 5) is 12.3. The second-order valence-corrected chi connectivity index (χ2v) is 6.23. The summed E-state index contributed by atoms with van der Waals surface area (Å²) >= 11 is 12.3. The Balaban J connectivity index is 1.99. The van der Waals surface area contributed by atoms with E-state index in [1.165, 1.54) is 0 Å². The lowest BCUT2D eigenvalue weighted by Crippen LogP contribution is -2.26. The topological polar surface area (TPSA) is 32.7 Å². The second kappa shape index (κ2) is 6.73. The Kier molecular flexibility index (Phi) is 4.69. The van der Waals surface area contributed by atoms with E-state index in [0.717, 1.165) is 16.8 Å². The number of amides is 1. The highest BCUT2D eigenvalue weighted by molar-refractivity contribution is 6.35. The molecule has 0 saturated heterocycles. The van der Waals surface area contributed by atoms with E-state index in [9.17, 15) is 4.79 Å². The molecule has 118 valence electrons. The molecule has 3 rings (SSSR count). The van der Waals surface area contributed by atoms with Crippen LogP contribution in [0.5, 0.6) is 0 Å². The van der Waals surface area contributed by atoms with Crippen LogP contribution in [-0.2, 0) is 4.79 Å². The predicted molar refractivity (Wildman–Crippen MR) is 93.9 cm³/mol. The Morgan fingerprint density at radius 1 is 1.22 bits per heavy atom. The molecule has 0 N–H and O–H groups in total. The van der Waals surface area contributed by atoms with Gasteiger partial charge in [-0.3, -0.25) is 4.79 Å². The Morgan fingerprint density at radius 2 is 1.96 bits per heavy atom. The van der Waals surface area contributed by atoms with Crippen LogP contribution < -0.4 is 0 Å². The number of rotatable bonds is 3. The van der Waals surface area contributed by atoms with Crippen molar-refractivity contribution < 1.29 is 4.79 Å². The fourth-order valence-electron chi connectivity index (χ4n) is 2.72. The average Bonchev–Trinajstić information content (AvgIpc) is 3.00. The molecule has 1 aliphatic heterocycles. The van der Waals surface area contributed by atoms with Gasteiger partial charge in [-0.1, -0.05) is 66.5 Å². The van der Waals surface area contributed by atoms with Gasteiger partial charge >= 0.3 is 0 Å². The minimum absolute atomic E-state index is 0.0213. The summed E-state index contributed by atoms with van der Waals surface area (Å²) in [5.41, 5.74) is 2.78. The minimum Gasteiger partial charge on any atom is -0.273 e. The standard InChI is InChI=1S/C18H16Cl2N2O/c1-2-18(23)22-17(14-9-8-13(19)10-15(14)20)11-16(21-22)12-6-4-3-5-7-12/h3-10,17H,2,11H2,1H3/t17-/m1/s1. The quantitative estimate of drug-likeness (QED) is 0.762. The number of hydrogen-bond acceptors (Lipinski definition) is 2. The Labute approximate surface area is 145 Å². The van der Waals surface area contributed by atoms with E-state index in [-0.39, 0.29) is 11.9 Å². The largest absolute Gasteiger partial charge is 0.273 e. The van der Waals surface area contributed by atoms with E-state index in [0.29, 0.717) is 22.9 Å². The van der Waals surface area contributed by atoms with Gasteiger partial charge in [0.25, 0.3) is 0 Å². The summed E-state index contributed by atoms with van der Waals surface area (Å²) < 4.78 is 0. The van der Waals surface area contributed by atoms with Gasteiger partial charge in [-0.2, -0.15) is 5.10 Å². The van der Waals surface area contributed by atoms with Gasteiger partial charge in [0.1, 0.15) is 0 Å². The zero-order valence-corrected chi connectivity index (χ0v) is 14.2. The molecular formula is C18H16Cl2N2O. The van der Waals surface area contributed by atoms with Crippen molar-refractivity contribution in [3.63, 3.8) is 0 Å². The van der Waals surface area contributed by atoms with Gasteiger partial charge in [-0.05, 0) is 23.3 Å². The minimum atomic E-state index is -0.192. The maximum atomic E-state index is 12.3. The summed E-state index contributed by atoms with van der Waals surface area (Å²) in [5, 5.41) is 7.25. The highest BCUT2D eigenvalue weighted by atomic mass is 35.5. The summed E-state index contributed by atoms with van der Waals surface area (Å²) in [5.74, 6) is -0.0213. The van der Waals surface area contributed by atoms with Crippen LogP contribution >= 0.6 is 23.2 Å². The molecule has 0 spiro atoms. The van der Waals surface area contributed by atoms with Crippen molar-refractivity contribution in [3.05, 3.63) is 69.7 Å². The van der Waals surface area contributed by atoms with Crippen LogP contribution in [-0.4, -0.2) is 16.6 Å². The number of nitrogens with zero attached hydrogens (tertiary/aromatic N) is 2. The third-order valence-corrected chi connectivity index (χ3v) is 4.46. The van der Waals surface area contributed by atoms with Gasteiger partial charge in [0.2, 0.25) is 5.91 Å². The number of benzene rings is 2. The molecule has 2 aromatic rings. The Hall–Kier alpha value is -1.84. The Morgan fingerprint density at radius 3 is 2.61 bits per heavy atom. The molecule has 0 aliphatic carbocycles. The summed E-state index contributed by atoms with van der Waals surface area (Å²) in [6, 6.07) is 15.1. The predicted octanol–water partition coefficient (Wildman–Crippen LogP) is 5.08. The van der Waals surface area contributed by atoms with Gasteiger partial charge < -0.3 is 0 Å². The molecule has 1 atom stereocenters. The van der Waals surface area contributed by atoms with E-state index in [4.69, 9.17) is 23.2 Å². The summed E-state index contributed by atoms with van der Waals surface area (Å²) in [6.07, 6.45) is 1.03. The molecule has 0 radical (unpaired) electrons. The van der Waals surface area contributed by atoms with E-state index in [1.54, 1.807) is 17.1 Å². The number of hydrazone groups is 1. The van der Waals surface area contributed by atoms with Gasteiger partial charge in [0, 0.05) is 22.9 Å².